The molecule has 0 aliphatic carbocycles. The second-order valence-electron chi connectivity index (χ2n) is 5.52. The molecule has 0 saturated carbocycles. The van der Waals surface area contributed by atoms with Crippen LogP contribution in [0.4, 0.5) is 0 Å². The number of carbonyl (C=O) groups excluding carboxylic acids is 1. The van der Waals surface area contributed by atoms with Crippen molar-refractivity contribution in [3.05, 3.63) is 75.6 Å². The number of rotatable bonds is 4. The molecule has 0 aliphatic heterocycles. The van der Waals surface area contributed by atoms with Gasteiger partial charge < -0.3 is 14.5 Å². The van der Waals surface area contributed by atoms with Crippen LogP contribution in [0.25, 0.3) is 10.9 Å². The van der Waals surface area contributed by atoms with Crippen molar-refractivity contribution in [1.29, 1.82) is 0 Å². The summed E-state index contributed by atoms with van der Waals surface area (Å²) in [6.07, 6.45) is 0. The molecule has 0 radical (unpaired) electrons. The third-order valence-electron chi connectivity index (χ3n) is 3.76. The molecule has 0 amide bonds. The van der Waals surface area contributed by atoms with E-state index >= 15 is 0 Å². The average Bonchev–Trinajstić information content (AvgIpc) is 2.60. The number of nitrogens with one attached hydrogen (secondary N) is 1. The fourth-order valence-corrected chi connectivity index (χ4v) is 2.43. The number of H-pyrrole nitrogens is 1. The minimum atomic E-state index is -0.485. The fraction of sp³-hybridized carbons (Fsp3) is 0.158. The summed E-state index contributed by atoms with van der Waals surface area (Å²) in [6, 6.07) is 14.1. The molecule has 3 aromatic rings. The Hall–Kier alpha value is -3.08. The third kappa shape index (κ3) is 3.30. The number of aromatic nitrogens is 1. The third-order valence-corrected chi connectivity index (χ3v) is 3.76. The predicted molar refractivity (Wildman–Crippen MR) is 91.4 cm³/mol. The first-order valence-corrected chi connectivity index (χ1v) is 7.50. The van der Waals surface area contributed by atoms with E-state index < -0.39 is 5.97 Å². The van der Waals surface area contributed by atoms with Crippen LogP contribution in [0.1, 0.15) is 21.5 Å². The zero-order chi connectivity index (χ0) is 17.1. The Labute approximate surface area is 138 Å². The Morgan fingerprint density at radius 3 is 2.54 bits per heavy atom. The molecule has 0 unspecified atom stereocenters. The number of esters is 1. The number of hydrogen-bond donors (Lipinski definition) is 1. The van der Waals surface area contributed by atoms with Crippen LogP contribution >= 0.6 is 0 Å². The van der Waals surface area contributed by atoms with Crippen molar-refractivity contribution in [2.75, 3.05) is 7.11 Å². The molecular formula is C19H17NO4. The lowest BCUT2D eigenvalue weighted by molar-refractivity contribution is 0.0471. The first-order chi connectivity index (χ1) is 11.6. The Balaban J connectivity index is 1.78. The van der Waals surface area contributed by atoms with Crippen LogP contribution in [0, 0.1) is 6.92 Å². The van der Waals surface area contributed by atoms with Crippen LogP contribution in [-0.2, 0) is 11.3 Å². The normalized spacial score (nSPS) is 10.6. The van der Waals surface area contributed by atoms with E-state index in [0.29, 0.717) is 16.9 Å². The van der Waals surface area contributed by atoms with Gasteiger partial charge in [0.05, 0.1) is 18.2 Å². The number of aromatic amines is 1. The number of fused-ring (bicyclic) bond motifs is 1. The van der Waals surface area contributed by atoms with Crippen LogP contribution in [0.15, 0.2) is 53.3 Å². The van der Waals surface area contributed by atoms with Gasteiger partial charge in [-0.25, -0.2) is 4.79 Å². The van der Waals surface area contributed by atoms with E-state index in [9.17, 15) is 9.59 Å². The zero-order valence-electron chi connectivity index (χ0n) is 13.5. The van der Waals surface area contributed by atoms with E-state index in [0.717, 1.165) is 16.5 Å². The van der Waals surface area contributed by atoms with Gasteiger partial charge in [0.15, 0.2) is 0 Å². The van der Waals surface area contributed by atoms with Crippen molar-refractivity contribution >= 4 is 16.9 Å². The van der Waals surface area contributed by atoms with Gasteiger partial charge in [0.2, 0.25) is 0 Å². The van der Waals surface area contributed by atoms with Crippen molar-refractivity contribution in [3.63, 3.8) is 0 Å². The van der Waals surface area contributed by atoms with Crippen LogP contribution < -0.4 is 10.3 Å². The van der Waals surface area contributed by atoms with Crippen LogP contribution in [0.2, 0.25) is 0 Å². The van der Waals surface area contributed by atoms with Gasteiger partial charge in [-0.3, -0.25) is 4.79 Å². The van der Waals surface area contributed by atoms with Gasteiger partial charge in [0.25, 0.3) is 5.56 Å². The van der Waals surface area contributed by atoms with Gasteiger partial charge in [0.1, 0.15) is 12.4 Å². The summed E-state index contributed by atoms with van der Waals surface area (Å²) in [7, 11) is 1.56. The SMILES string of the molecule is COc1ccc(C(=O)OCc2cc3cc(C)ccc3[nH]c2=O)cc1. The maximum absolute atomic E-state index is 12.1. The van der Waals surface area contributed by atoms with Gasteiger partial charge in [-0.2, -0.15) is 0 Å². The van der Waals surface area contributed by atoms with Gasteiger partial charge in [-0.1, -0.05) is 11.6 Å². The summed E-state index contributed by atoms with van der Waals surface area (Å²) in [5.74, 6) is 0.175. The molecule has 0 atom stereocenters. The number of hydrogen-bond acceptors (Lipinski definition) is 4. The molecular weight excluding hydrogens is 306 g/mol. The number of pyridine rings is 1. The second kappa shape index (κ2) is 6.58. The second-order valence-corrected chi connectivity index (χ2v) is 5.52. The van der Waals surface area contributed by atoms with Crippen molar-refractivity contribution in [1.82, 2.24) is 4.98 Å². The molecule has 0 spiro atoms. The minimum absolute atomic E-state index is 0.0793. The monoisotopic (exact) mass is 323 g/mol. The van der Waals surface area contributed by atoms with Gasteiger partial charge >= 0.3 is 5.97 Å². The molecule has 0 saturated heterocycles. The minimum Gasteiger partial charge on any atom is -0.497 e. The van der Waals surface area contributed by atoms with E-state index in [4.69, 9.17) is 9.47 Å². The molecule has 0 fully saturated rings. The van der Waals surface area contributed by atoms with Gasteiger partial charge in [-0.05, 0) is 54.8 Å². The lowest BCUT2D eigenvalue weighted by Crippen LogP contribution is -2.15. The molecule has 1 aromatic heterocycles. The highest BCUT2D eigenvalue weighted by atomic mass is 16.5. The Morgan fingerprint density at radius 1 is 1.08 bits per heavy atom. The van der Waals surface area contributed by atoms with E-state index in [1.54, 1.807) is 37.4 Å². The highest BCUT2D eigenvalue weighted by molar-refractivity contribution is 5.89. The van der Waals surface area contributed by atoms with Crippen LogP contribution in [0.3, 0.4) is 0 Å². The molecule has 122 valence electrons. The Kier molecular flexibility index (Phi) is 4.33. The number of aryl methyl sites for hydroxylation is 1. The number of benzene rings is 2. The summed E-state index contributed by atoms with van der Waals surface area (Å²) in [5, 5.41) is 0.907. The summed E-state index contributed by atoms with van der Waals surface area (Å²) in [5.41, 5.74) is 2.42. The van der Waals surface area contributed by atoms with E-state index in [2.05, 4.69) is 4.98 Å². The number of ether oxygens (including phenoxy) is 2. The van der Waals surface area contributed by atoms with E-state index in [1.165, 1.54) is 0 Å². The summed E-state index contributed by atoms with van der Waals surface area (Å²) >= 11 is 0. The molecule has 24 heavy (non-hydrogen) atoms. The van der Waals surface area contributed by atoms with Crippen LogP contribution in [0.5, 0.6) is 5.75 Å². The first kappa shape index (κ1) is 15.8. The largest absolute Gasteiger partial charge is 0.497 e. The van der Waals surface area contributed by atoms with Crippen LogP contribution in [-0.4, -0.2) is 18.1 Å². The maximum Gasteiger partial charge on any atom is 0.338 e. The molecule has 0 aliphatic rings. The van der Waals surface area contributed by atoms with E-state index in [1.807, 2.05) is 25.1 Å². The Bertz CT molecular complexity index is 942. The lowest BCUT2D eigenvalue weighted by atomic mass is 10.1. The van der Waals surface area contributed by atoms with E-state index in [-0.39, 0.29) is 12.2 Å². The lowest BCUT2D eigenvalue weighted by Gasteiger charge is -2.07. The highest BCUT2D eigenvalue weighted by Crippen LogP contribution is 2.15. The Morgan fingerprint density at radius 2 is 1.83 bits per heavy atom. The molecule has 3 rings (SSSR count). The molecule has 1 N–H and O–H groups in total. The zero-order valence-corrected chi connectivity index (χ0v) is 13.5. The van der Waals surface area contributed by atoms with Crippen molar-refractivity contribution in [2.24, 2.45) is 0 Å². The fourth-order valence-electron chi connectivity index (χ4n) is 2.43. The first-order valence-electron chi connectivity index (χ1n) is 7.50. The van der Waals surface area contributed by atoms with Crippen molar-refractivity contribution in [2.45, 2.75) is 13.5 Å². The molecule has 2 aromatic carbocycles. The molecule has 0 bridgehead atoms. The standard InChI is InChI=1S/C19H17NO4/c1-12-3-8-17-14(9-12)10-15(18(21)20-17)11-24-19(22)13-4-6-16(23-2)7-5-13/h3-10H,11H2,1-2H3,(H,20,21). The summed E-state index contributed by atoms with van der Waals surface area (Å²) in [4.78, 5) is 27.0. The maximum atomic E-state index is 12.1. The smallest absolute Gasteiger partial charge is 0.338 e. The van der Waals surface area contributed by atoms with Crippen molar-refractivity contribution < 1.29 is 14.3 Å². The topological polar surface area (TPSA) is 68.4 Å². The molecule has 5 heteroatoms. The number of methoxy groups -OCH3 is 1. The summed E-state index contributed by atoms with van der Waals surface area (Å²) in [6.45, 7) is 1.90. The van der Waals surface area contributed by atoms with Gasteiger partial charge in [-0.15, -0.1) is 0 Å². The average molecular weight is 323 g/mol. The number of carbonyl (C=O) groups is 1. The quantitative estimate of drug-likeness (QED) is 0.749. The summed E-state index contributed by atoms with van der Waals surface area (Å²) < 4.78 is 10.3. The van der Waals surface area contributed by atoms with Gasteiger partial charge in [0, 0.05) is 5.52 Å². The molecule has 5 nitrogen and oxygen atoms in total. The predicted octanol–water partition coefficient (Wildman–Crippen LogP) is 3.20. The van der Waals surface area contributed by atoms with Crippen molar-refractivity contribution in [3.8, 4) is 5.75 Å². The molecule has 1 heterocycles. The highest BCUT2D eigenvalue weighted by Gasteiger charge is 2.10.